The second kappa shape index (κ2) is 6.51. The minimum Gasteiger partial charge on any atom is -0.349 e. The summed E-state index contributed by atoms with van der Waals surface area (Å²) < 4.78 is 0. The molecule has 4 N–H and O–H groups in total. The molecular weight excluding hydrogens is 242 g/mol. The molecule has 0 radical (unpaired) electrons. The number of nitrogen functional groups attached to an aromatic ring is 1. The number of anilines is 3. The highest BCUT2D eigenvalue weighted by molar-refractivity contribution is 5.43. The Labute approximate surface area is 115 Å². The van der Waals surface area contributed by atoms with Crippen LogP contribution in [0.25, 0.3) is 0 Å². The molecule has 0 unspecified atom stereocenters. The van der Waals surface area contributed by atoms with Crippen LogP contribution in [0.2, 0.25) is 0 Å². The molecule has 108 valence electrons. The molecule has 0 spiro atoms. The number of hydrazine groups is 1. The monoisotopic (exact) mass is 267 g/mol. The third-order valence-corrected chi connectivity index (χ3v) is 3.56. The van der Waals surface area contributed by atoms with Gasteiger partial charge in [-0.15, -0.1) is 0 Å². The van der Waals surface area contributed by atoms with Crippen LogP contribution in [0.15, 0.2) is 0 Å². The molecule has 1 rings (SSSR count). The molecule has 7 nitrogen and oxygen atoms in total. The molecule has 0 atom stereocenters. The van der Waals surface area contributed by atoms with E-state index in [1.54, 1.807) is 0 Å². The molecule has 0 aliphatic carbocycles. The van der Waals surface area contributed by atoms with Gasteiger partial charge in [0.05, 0.1) is 0 Å². The molecule has 1 aromatic rings. The quantitative estimate of drug-likeness (QED) is 0.510. The summed E-state index contributed by atoms with van der Waals surface area (Å²) >= 11 is 0. The highest BCUT2D eigenvalue weighted by Gasteiger charge is 2.25. The van der Waals surface area contributed by atoms with Gasteiger partial charge in [-0.2, -0.15) is 15.0 Å². The number of nitrogens with two attached hydrogens (primary N) is 1. The summed E-state index contributed by atoms with van der Waals surface area (Å²) in [7, 11) is 3.76. The Kier molecular flexibility index (Phi) is 5.29. The zero-order valence-corrected chi connectivity index (χ0v) is 12.5. The third kappa shape index (κ3) is 3.66. The van der Waals surface area contributed by atoms with E-state index in [2.05, 4.69) is 46.5 Å². The van der Waals surface area contributed by atoms with Crippen molar-refractivity contribution in [1.82, 2.24) is 15.0 Å². The fourth-order valence-electron chi connectivity index (χ4n) is 1.94. The topological polar surface area (TPSA) is 92.0 Å². The molecule has 0 saturated heterocycles. The summed E-state index contributed by atoms with van der Waals surface area (Å²) in [6.07, 6.45) is 3.02. The van der Waals surface area contributed by atoms with Crippen molar-refractivity contribution in [2.24, 2.45) is 5.84 Å². The summed E-state index contributed by atoms with van der Waals surface area (Å²) in [4.78, 5) is 14.7. The summed E-state index contributed by atoms with van der Waals surface area (Å²) in [6.45, 7) is 6.49. The van der Waals surface area contributed by atoms with Gasteiger partial charge in [-0.05, 0) is 19.3 Å². The van der Waals surface area contributed by atoms with Crippen molar-refractivity contribution in [3.8, 4) is 0 Å². The molecule has 0 bridgehead atoms. The summed E-state index contributed by atoms with van der Waals surface area (Å²) in [5, 5.41) is 3.43. The first-order chi connectivity index (χ1) is 9.00. The van der Waals surface area contributed by atoms with Crippen molar-refractivity contribution in [2.75, 3.05) is 29.7 Å². The number of aromatic nitrogens is 3. The second-order valence-corrected chi connectivity index (χ2v) is 4.79. The summed E-state index contributed by atoms with van der Waals surface area (Å²) in [5.41, 5.74) is 2.48. The van der Waals surface area contributed by atoms with E-state index in [1.165, 1.54) is 0 Å². The third-order valence-electron chi connectivity index (χ3n) is 3.56. The van der Waals surface area contributed by atoms with Crippen molar-refractivity contribution in [3.63, 3.8) is 0 Å². The molecule has 19 heavy (non-hydrogen) atoms. The Hall–Kier alpha value is -1.63. The Morgan fingerprint density at radius 2 is 1.53 bits per heavy atom. The van der Waals surface area contributed by atoms with Gasteiger partial charge in [0, 0.05) is 19.6 Å². The van der Waals surface area contributed by atoms with Crippen LogP contribution < -0.4 is 21.5 Å². The second-order valence-electron chi connectivity index (χ2n) is 4.79. The average molecular weight is 267 g/mol. The van der Waals surface area contributed by atoms with Gasteiger partial charge in [-0.25, -0.2) is 5.84 Å². The minimum atomic E-state index is 0.0107. The maximum atomic E-state index is 5.40. The Morgan fingerprint density at radius 1 is 1.00 bits per heavy atom. The molecule has 1 heterocycles. The first kappa shape index (κ1) is 15.4. The summed E-state index contributed by atoms with van der Waals surface area (Å²) in [5.74, 6) is 6.88. The van der Waals surface area contributed by atoms with E-state index in [4.69, 9.17) is 5.84 Å². The minimum absolute atomic E-state index is 0.0107. The van der Waals surface area contributed by atoms with Gasteiger partial charge in [-0.1, -0.05) is 20.8 Å². The van der Waals surface area contributed by atoms with Gasteiger partial charge in [-0.3, -0.25) is 5.43 Å². The maximum Gasteiger partial charge on any atom is 0.243 e. The van der Waals surface area contributed by atoms with Gasteiger partial charge in [0.25, 0.3) is 0 Å². The fraction of sp³-hybridized carbons (Fsp3) is 0.750. The van der Waals surface area contributed by atoms with Gasteiger partial charge in [0.2, 0.25) is 17.8 Å². The molecular formula is C12H25N7. The standard InChI is InChI=1S/C12H25N7/c1-6-12(7-2,8-3)17-9-14-10(18-13)16-11(15-9)19(4)5/h6-8,13H2,1-5H3,(H2,14,15,16,17,18). The van der Waals surface area contributed by atoms with E-state index in [1.807, 2.05) is 19.0 Å². The SMILES string of the molecule is CCC(CC)(CC)Nc1nc(NN)nc(N(C)C)n1. The van der Waals surface area contributed by atoms with Crippen LogP contribution in [-0.4, -0.2) is 34.6 Å². The number of nitrogens with zero attached hydrogens (tertiary/aromatic N) is 4. The number of hydrogen-bond donors (Lipinski definition) is 3. The van der Waals surface area contributed by atoms with Crippen LogP contribution in [0.5, 0.6) is 0 Å². The predicted octanol–water partition coefficient (Wildman–Crippen LogP) is 1.60. The van der Waals surface area contributed by atoms with Crippen molar-refractivity contribution < 1.29 is 0 Å². The normalized spacial score (nSPS) is 11.3. The van der Waals surface area contributed by atoms with Crippen LogP contribution in [0.1, 0.15) is 40.0 Å². The smallest absolute Gasteiger partial charge is 0.243 e. The van der Waals surface area contributed by atoms with Crippen molar-refractivity contribution in [3.05, 3.63) is 0 Å². The van der Waals surface area contributed by atoms with Gasteiger partial charge in [0.1, 0.15) is 0 Å². The van der Waals surface area contributed by atoms with E-state index in [-0.39, 0.29) is 5.54 Å². The molecule has 1 aromatic heterocycles. The lowest BCUT2D eigenvalue weighted by Crippen LogP contribution is -2.37. The molecule has 0 amide bonds. The predicted molar refractivity (Wildman–Crippen MR) is 79.2 cm³/mol. The highest BCUT2D eigenvalue weighted by atomic mass is 15.4. The molecule has 7 heteroatoms. The fourth-order valence-corrected chi connectivity index (χ4v) is 1.94. The van der Waals surface area contributed by atoms with Crippen molar-refractivity contribution in [1.29, 1.82) is 0 Å². The van der Waals surface area contributed by atoms with Crippen LogP contribution in [0.3, 0.4) is 0 Å². The van der Waals surface area contributed by atoms with E-state index in [0.717, 1.165) is 19.3 Å². The number of rotatable bonds is 7. The van der Waals surface area contributed by atoms with E-state index < -0.39 is 0 Å². The molecule has 0 fully saturated rings. The van der Waals surface area contributed by atoms with Crippen LogP contribution in [-0.2, 0) is 0 Å². The van der Waals surface area contributed by atoms with Gasteiger partial charge >= 0.3 is 0 Å². The first-order valence-electron chi connectivity index (χ1n) is 6.68. The Morgan fingerprint density at radius 3 is 1.95 bits per heavy atom. The lowest BCUT2D eigenvalue weighted by Gasteiger charge is -2.32. The molecule has 0 aliphatic heterocycles. The number of nitrogens with one attached hydrogen (secondary N) is 2. The van der Waals surface area contributed by atoms with Crippen LogP contribution in [0.4, 0.5) is 17.8 Å². The average Bonchev–Trinajstić information content (AvgIpc) is 2.44. The Balaban J connectivity index is 3.08. The maximum absolute atomic E-state index is 5.40. The van der Waals surface area contributed by atoms with Crippen LogP contribution in [0, 0.1) is 0 Å². The summed E-state index contributed by atoms with van der Waals surface area (Å²) in [6, 6.07) is 0. The zero-order valence-electron chi connectivity index (χ0n) is 12.5. The van der Waals surface area contributed by atoms with E-state index >= 15 is 0 Å². The van der Waals surface area contributed by atoms with Crippen molar-refractivity contribution >= 4 is 17.8 Å². The highest BCUT2D eigenvalue weighted by Crippen LogP contribution is 2.24. The molecule has 0 aliphatic rings. The molecule has 0 saturated carbocycles. The van der Waals surface area contributed by atoms with E-state index in [9.17, 15) is 0 Å². The first-order valence-corrected chi connectivity index (χ1v) is 6.68. The largest absolute Gasteiger partial charge is 0.349 e. The lowest BCUT2D eigenvalue weighted by molar-refractivity contribution is 0.417. The zero-order chi connectivity index (χ0) is 14.5. The lowest BCUT2D eigenvalue weighted by atomic mass is 9.90. The van der Waals surface area contributed by atoms with Gasteiger partial charge < -0.3 is 10.2 Å². The number of hydrogen-bond acceptors (Lipinski definition) is 7. The van der Waals surface area contributed by atoms with Crippen molar-refractivity contribution in [2.45, 2.75) is 45.6 Å². The Bertz CT molecular complexity index is 393. The van der Waals surface area contributed by atoms with E-state index in [0.29, 0.717) is 17.8 Å². The molecule has 0 aromatic carbocycles. The van der Waals surface area contributed by atoms with Crippen LogP contribution >= 0.6 is 0 Å². The van der Waals surface area contributed by atoms with Gasteiger partial charge in [0.15, 0.2) is 0 Å².